The van der Waals surface area contributed by atoms with Crippen LogP contribution in [0, 0.1) is 16.0 Å². The van der Waals surface area contributed by atoms with Crippen molar-refractivity contribution in [2.45, 2.75) is 12.8 Å². The van der Waals surface area contributed by atoms with Crippen LogP contribution in [0.1, 0.15) is 11.3 Å². The highest BCUT2D eigenvalue weighted by Gasteiger charge is 2.25. The van der Waals surface area contributed by atoms with Crippen LogP contribution in [-0.4, -0.2) is 28.7 Å². The highest BCUT2D eigenvalue weighted by Crippen LogP contribution is 2.25. The van der Waals surface area contributed by atoms with E-state index in [-0.39, 0.29) is 17.4 Å². The second-order valence-corrected chi connectivity index (χ2v) is 5.33. The molecular weight excluding hydrogens is 250 g/mol. The Balaban J connectivity index is 2.00. The van der Waals surface area contributed by atoms with E-state index in [1.54, 1.807) is 6.20 Å². The molecule has 1 aromatic rings. The number of nitrogens with zero attached hydrogens (tertiary/aromatic N) is 3. The molecule has 1 unspecified atom stereocenters. The van der Waals surface area contributed by atoms with Gasteiger partial charge in [-0.05, 0) is 12.8 Å². The van der Waals surface area contributed by atoms with Crippen LogP contribution in [-0.2, 0) is 6.42 Å². The van der Waals surface area contributed by atoms with E-state index in [1.807, 2.05) is 0 Å². The maximum atomic E-state index is 10.5. The molecule has 2 rings (SSSR count). The van der Waals surface area contributed by atoms with Gasteiger partial charge >= 0.3 is 0 Å². The summed E-state index contributed by atoms with van der Waals surface area (Å²) in [7, 11) is 0. The molecule has 0 amide bonds. The van der Waals surface area contributed by atoms with Crippen molar-refractivity contribution in [2.24, 2.45) is 10.9 Å². The molecule has 0 aromatic carbocycles. The molecule has 5 nitrogen and oxygen atoms in total. The van der Waals surface area contributed by atoms with E-state index in [4.69, 9.17) is 11.6 Å². The third-order valence-corrected chi connectivity index (χ3v) is 3.66. The maximum Gasteiger partial charge on any atom is 0.241 e. The number of nitro groups is 1. The van der Waals surface area contributed by atoms with Crippen molar-refractivity contribution in [1.82, 2.24) is 4.98 Å². The Labute approximate surface area is 101 Å². The fourth-order valence-corrected chi connectivity index (χ4v) is 2.87. The predicted molar refractivity (Wildman–Crippen MR) is 63.1 cm³/mol. The van der Waals surface area contributed by atoms with Crippen LogP contribution in [0.4, 0.5) is 0 Å². The molecule has 2 heterocycles. The van der Waals surface area contributed by atoms with Gasteiger partial charge < -0.3 is 0 Å². The van der Waals surface area contributed by atoms with Gasteiger partial charge in [0, 0.05) is 28.5 Å². The van der Waals surface area contributed by atoms with Gasteiger partial charge in [0.05, 0.1) is 5.71 Å². The largest absolute Gasteiger partial charge is 0.287 e. The summed E-state index contributed by atoms with van der Waals surface area (Å²) in [5.74, 6) is 0.182. The number of hydrogen-bond acceptors (Lipinski definition) is 5. The average Bonchev–Trinajstić information content (AvgIpc) is 2.77. The average molecular weight is 260 g/mol. The molecule has 0 saturated carbocycles. The number of thiazole rings is 1. The molecule has 0 saturated heterocycles. The van der Waals surface area contributed by atoms with Crippen molar-refractivity contribution in [1.29, 1.82) is 0 Å². The van der Waals surface area contributed by atoms with Crippen molar-refractivity contribution < 1.29 is 4.92 Å². The van der Waals surface area contributed by atoms with Crippen molar-refractivity contribution >= 4 is 28.6 Å². The molecule has 1 aliphatic heterocycles. The van der Waals surface area contributed by atoms with Gasteiger partial charge in [-0.3, -0.25) is 15.1 Å². The Kier molecular flexibility index (Phi) is 3.50. The minimum atomic E-state index is -0.323. The molecule has 1 atom stereocenters. The van der Waals surface area contributed by atoms with Crippen LogP contribution in [0.3, 0.4) is 0 Å². The molecule has 7 heteroatoms. The molecular formula is C9H10ClN3O2S. The lowest BCUT2D eigenvalue weighted by Crippen LogP contribution is -2.21. The van der Waals surface area contributed by atoms with Crippen LogP contribution in [0.15, 0.2) is 11.2 Å². The summed E-state index contributed by atoms with van der Waals surface area (Å²) < 4.78 is 0.515. The molecule has 1 aliphatic rings. The SMILES string of the molecule is O=[N+]([O-])CC1=NCCC1Cc1cnc(Cl)s1. The highest BCUT2D eigenvalue weighted by atomic mass is 35.5. The van der Waals surface area contributed by atoms with E-state index in [9.17, 15) is 10.1 Å². The fraction of sp³-hybridized carbons (Fsp3) is 0.556. The lowest BCUT2D eigenvalue weighted by atomic mass is 9.98. The number of hydrogen-bond donors (Lipinski definition) is 0. The third-order valence-electron chi connectivity index (χ3n) is 2.53. The number of aromatic nitrogens is 1. The van der Waals surface area contributed by atoms with Gasteiger partial charge in [-0.2, -0.15) is 0 Å². The van der Waals surface area contributed by atoms with E-state index in [2.05, 4.69) is 9.98 Å². The van der Waals surface area contributed by atoms with E-state index in [1.165, 1.54) is 11.3 Å². The van der Waals surface area contributed by atoms with Gasteiger partial charge in [-0.15, -0.1) is 11.3 Å². The van der Waals surface area contributed by atoms with E-state index < -0.39 is 0 Å². The summed E-state index contributed by atoms with van der Waals surface area (Å²) in [5, 5.41) is 10.5. The predicted octanol–water partition coefficient (Wildman–Crippen LogP) is 2.08. The lowest BCUT2D eigenvalue weighted by Gasteiger charge is -2.07. The van der Waals surface area contributed by atoms with Crippen molar-refractivity contribution in [3.05, 3.63) is 25.7 Å². The van der Waals surface area contributed by atoms with Gasteiger partial charge in [0.1, 0.15) is 0 Å². The van der Waals surface area contributed by atoms with Crippen molar-refractivity contribution in [3.8, 4) is 0 Å². The first-order chi connectivity index (χ1) is 7.65. The van der Waals surface area contributed by atoms with E-state index >= 15 is 0 Å². The molecule has 0 radical (unpaired) electrons. The summed E-state index contributed by atoms with van der Waals surface area (Å²) in [6.45, 7) is 0.553. The van der Waals surface area contributed by atoms with E-state index in [0.29, 0.717) is 16.7 Å². The van der Waals surface area contributed by atoms with Gasteiger partial charge in [0.15, 0.2) is 4.47 Å². The van der Waals surface area contributed by atoms with Crippen LogP contribution < -0.4 is 0 Å². The first-order valence-corrected chi connectivity index (χ1v) is 6.10. The molecule has 0 N–H and O–H groups in total. The fourth-order valence-electron chi connectivity index (χ4n) is 1.81. The monoisotopic (exact) mass is 259 g/mol. The second-order valence-electron chi connectivity index (χ2n) is 3.63. The number of aliphatic imine (C=N–C) groups is 1. The number of rotatable bonds is 4. The normalized spacial score (nSPS) is 19.8. The number of halogens is 1. The summed E-state index contributed by atoms with van der Waals surface area (Å²) in [6, 6.07) is 0. The highest BCUT2D eigenvalue weighted by molar-refractivity contribution is 7.15. The van der Waals surface area contributed by atoms with Gasteiger partial charge in [-0.1, -0.05) is 11.6 Å². The lowest BCUT2D eigenvalue weighted by molar-refractivity contribution is -0.463. The summed E-state index contributed by atoms with van der Waals surface area (Å²) in [4.78, 5) is 19.3. The summed E-state index contributed by atoms with van der Waals surface area (Å²) in [6.07, 6.45) is 3.38. The Morgan fingerprint density at radius 1 is 1.69 bits per heavy atom. The molecule has 0 bridgehead atoms. The van der Waals surface area contributed by atoms with Gasteiger partial charge in [-0.25, -0.2) is 4.98 Å². The Morgan fingerprint density at radius 3 is 3.12 bits per heavy atom. The Bertz CT molecular complexity index is 432. The zero-order valence-electron chi connectivity index (χ0n) is 8.43. The maximum absolute atomic E-state index is 10.5. The smallest absolute Gasteiger partial charge is 0.241 e. The van der Waals surface area contributed by atoms with Crippen LogP contribution in [0.2, 0.25) is 4.47 Å². The zero-order chi connectivity index (χ0) is 11.5. The molecule has 0 aliphatic carbocycles. The molecule has 86 valence electrons. The first kappa shape index (κ1) is 11.5. The quantitative estimate of drug-likeness (QED) is 0.614. The molecule has 16 heavy (non-hydrogen) atoms. The minimum Gasteiger partial charge on any atom is -0.287 e. The minimum absolute atomic E-state index is 0.142. The standard InChI is InChI=1S/C9H10ClN3O2S/c10-9-12-4-7(16-9)3-6-1-2-11-8(6)5-13(14)15/h4,6H,1-3,5H2. The summed E-state index contributed by atoms with van der Waals surface area (Å²) in [5.41, 5.74) is 0.703. The zero-order valence-corrected chi connectivity index (χ0v) is 10.00. The first-order valence-electron chi connectivity index (χ1n) is 4.90. The topological polar surface area (TPSA) is 68.4 Å². The summed E-state index contributed by atoms with van der Waals surface area (Å²) >= 11 is 7.16. The van der Waals surface area contributed by atoms with Crippen LogP contribution in [0.25, 0.3) is 0 Å². The van der Waals surface area contributed by atoms with Crippen molar-refractivity contribution in [2.75, 3.05) is 13.1 Å². The van der Waals surface area contributed by atoms with Crippen LogP contribution >= 0.6 is 22.9 Å². The third kappa shape index (κ3) is 2.76. The molecule has 1 aromatic heterocycles. The molecule has 0 spiro atoms. The Morgan fingerprint density at radius 2 is 2.50 bits per heavy atom. The van der Waals surface area contributed by atoms with Gasteiger partial charge in [0.2, 0.25) is 6.54 Å². The van der Waals surface area contributed by atoms with Gasteiger partial charge in [0.25, 0.3) is 0 Å². The second kappa shape index (κ2) is 4.88. The van der Waals surface area contributed by atoms with Crippen molar-refractivity contribution in [3.63, 3.8) is 0 Å². The van der Waals surface area contributed by atoms with Crippen LogP contribution in [0.5, 0.6) is 0 Å². The molecule has 0 fully saturated rings. The van der Waals surface area contributed by atoms with E-state index in [0.717, 1.165) is 17.7 Å². The Hall–Kier alpha value is -1.01.